The van der Waals surface area contributed by atoms with E-state index in [4.69, 9.17) is 5.11 Å². The van der Waals surface area contributed by atoms with Crippen molar-refractivity contribution in [2.75, 3.05) is 6.54 Å². The van der Waals surface area contributed by atoms with Crippen LogP contribution in [0.3, 0.4) is 0 Å². The van der Waals surface area contributed by atoms with Crippen molar-refractivity contribution in [3.63, 3.8) is 0 Å². The third kappa shape index (κ3) is 2.00. The lowest BCUT2D eigenvalue weighted by Gasteiger charge is -2.21. The SMILES string of the molecule is Cc1nc(C(=O)N2CCC(C)C2C(=O)O)n[nH]1. The molecule has 2 unspecified atom stereocenters. The molecule has 1 aromatic heterocycles. The molecular weight excluding hydrogens is 224 g/mol. The van der Waals surface area contributed by atoms with Crippen LogP contribution in [0.4, 0.5) is 0 Å². The molecular formula is C10H14N4O3. The summed E-state index contributed by atoms with van der Waals surface area (Å²) in [6.07, 6.45) is 0.687. The Morgan fingerprint density at radius 3 is 2.76 bits per heavy atom. The Bertz CT molecular complexity index is 456. The molecule has 7 nitrogen and oxygen atoms in total. The highest BCUT2D eigenvalue weighted by Crippen LogP contribution is 2.25. The van der Waals surface area contributed by atoms with E-state index in [0.717, 1.165) is 0 Å². The predicted molar refractivity (Wildman–Crippen MR) is 57.4 cm³/mol. The number of carbonyl (C=O) groups is 2. The highest BCUT2D eigenvalue weighted by Gasteiger charge is 2.40. The molecule has 2 rings (SSSR count). The Hall–Kier alpha value is -1.92. The zero-order valence-corrected chi connectivity index (χ0v) is 9.67. The van der Waals surface area contributed by atoms with Crippen LogP contribution in [-0.4, -0.2) is 49.7 Å². The van der Waals surface area contributed by atoms with Crippen molar-refractivity contribution in [1.29, 1.82) is 0 Å². The number of hydrogen-bond acceptors (Lipinski definition) is 4. The lowest BCUT2D eigenvalue weighted by Crippen LogP contribution is -2.43. The molecule has 0 radical (unpaired) electrons. The number of aromatic nitrogens is 3. The van der Waals surface area contributed by atoms with Gasteiger partial charge in [-0.3, -0.25) is 9.89 Å². The maximum Gasteiger partial charge on any atom is 0.326 e. The number of nitrogens with zero attached hydrogens (tertiary/aromatic N) is 3. The Morgan fingerprint density at radius 1 is 1.53 bits per heavy atom. The van der Waals surface area contributed by atoms with Gasteiger partial charge in [-0.2, -0.15) is 0 Å². The quantitative estimate of drug-likeness (QED) is 0.758. The van der Waals surface area contributed by atoms with Crippen LogP contribution in [0.1, 0.15) is 29.8 Å². The number of likely N-dealkylation sites (tertiary alicyclic amines) is 1. The van der Waals surface area contributed by atoms with Gasteiger partial charge in [0.1, 0.15) is 11.9 Å². The maximum atomic E-state index is 12.0. The average Bonchev–Trinajstić information content (AvgIpc) is 2.83. The van der Waals surface area contributed by atoms with Crippen LogP contribution in [-0.2, 0) is 4.79 Å². The summed E-state index contributed by atoms with van der Waals surface area (Å²) in [5, 5.41) is 15.4. The van der Waals surface area contributed by atoms with Crippen LogP contribution in [0, 0.1) is 12.8 Å². The molecule has 0 aliphatic carbocycles. The molecule has 2 N–H and O–H groups in total. The summed E-state index contributed by atoms with van der Waals surface area (Å²) in [7, 11) is 0. The molecule has 1 aliphatic heterocycles. The Labute approximate surface area is 97.8 Å². The van der Waals surface area contributed by atoms with E-state index >= 15 is 0 Å². The van der Waals surface area contributed by atoms with Crippen molar-refractivity contribution in [2.24, 2.45) is 5.92 Å². The van der Waals surface area contributed by atoms with Gasteiger partial charge in [-0.1, -0.05) is 6.92 Å². The molecule has 92 valence electrons. The second-order valence-electron chi connectivity index (χ2n) is 4.29. The molecule has 1 saturated heterocycles. The zero-order valence-electron chi connectivity index (χ0n) is 9.67. The second-order valence-corrected chi connectivity index (χ2v) is 4.29. The minimum absolute atomic E-state index is 0.0304. The molecule has 1 aliphatic rings. The summed E-state index contributed by atoms with van der Waals surface area (Å²) in [4.78, 5) is 28.4. The van der Waals surface area contributed by atoms with Crippen molar-refractivity contribution in [2.45, 2.75) is 26.3 Å². The van der Waals surface area contributed by atoms with Crippen molar-refractivity contribution < 1.29 is 14.7 Å². The van der Waals surface area contributed by atoms with Gasteiger partial charge < -0.3 is 10.0 Å². The number of hydrogen-bond donors (Lipinski definition) is 2. The Balaban J connectivity index is 2.22. The summed E-state index contributed by atoms with van der Waals surface area (Å²) in [5.41, 5.74) is 0. The van der Waals surface area contributed by atoms with Crippen LogP contribution >= 0.6 is 0 Å². The number of amides is 1. The maximum absolute atomic E-state index is 12.0. The van der Waals surface area contributed by atoms with Gasteiger partial charge in [0.05, 0.1) is 0 Å². The number of carboxylic acids is 1. The smallest absolute Gasteiger partial charge is 0.326 e. The normalized spacial score (nSPS) is 24.0. The van der Waals surface area contributed by atoms with Crippen molar-refractivity contribution in [1.82, 2.24) is 20.1 Å². The number of aromatic amines is 1. The number of H-pyrrole nitrogens is 1. The van der Waals surface area contributed by atoms with Crippen LogP contribution < -0.4 is 0 Å². The lowest BCUT2D eigenvalue weighted by atomic mass is 10.0. The van der Waals surface area contributed by atoms with Gasteiger partial charge in [0.15, 0.2) is 0 Å². The minimum atomic E-state index is -0.976. The van der Waals surface area contributed by atoms with Crippen molar-refractivity contribution in [3.8, 4) is 0 Å². The van der Waals surface area contributed by atoms with Gasteiger partial charge in [0, 0.05) is 6.54 Å². The number of rotatable bonds is 2. The van der Waals surface area contributed by atoms with Gasteiger partial charge >= 0.3 is 5.97 Å². The van der Waals surface area contributed by atoms with Crippen molar-refractivity contribution in [3.05, 3.63) is 11.6 Å². The number of carboxylic acid groups (broad SMARTS) is 1. The van der Waals surface area contributed by atoms with Crippen LogP contribution in [0.5, 0.6) is 0 Å². The molecule has 1 aromatic rings. The molecule has 2 heterocycles. The summed E-state index contributed by atoms with van der Waals surface area (Å²) in [6.45, 7) is 3.95. The standard InChI is InChI=1S/C10H14N4O3/c1-5-3-4-14(7(5)10(16)17)9(15)8-11-6(2)12-13-8/h5,7H,3-4H2,1-2H3,(H,16,17)(H,11,12,13). The first-order valence-electron chi connectivity index (χ1n) is 5.43. The van der Waals surface area contributed by atoms with Gasteiger partial charge in [-0.25, -0.2) is 9.78 Å². The summed E-state index contributed by atoms with van der Waals surface area (Å²) in [5.74, 6) is -0.881. The third-order valence-electron chi connectivity index (χ3n) is 3.00. The lowest BCUT2D eigenvalue weighted by molar-refractivity contribution is -0.142. The summed E-state index contributed by atoms with van der Waals surface area (Å²) < 4.78 is 0. The van der Waals surface area contributed by atoms with E-state index in [0.29, 0.717) is 18.8 Å². The van der Waals surface area contributed by atoms with Crippen LogP contribution in [0.2, 0.25) is 0 Å². The molecule has 0 spiro atoms. The fraction of sp³-hybridized carbons (Fsp3) is 0.600. The largest absolute Gasteiger partial charge is 0.480 e. The van der Waals surface area contributed by atoms with E-state index in [9.17, 15) is 9.59 Å². The first kappa shape index (κ1) is 11.6. The van der Waals surface area contributed by atoms with Crippen LogP contribution in [0.15, 0.2) is 0 Å². The number of aryl methyl sites for hydroxylation is 1. The molecule has 17 heavy (non-hydrogen) atoms. The number of carbonyl (C=O) groups excluding carboxylic acids is 1. The van der Waals surface area contributed by atoms with Crippen LogP contribution in [0.25, 0.3) is 0 Å². The average molecular weight is 238 g/mol. The number of nitrogens with one attached hydrogen (secondary N) is 1. The fourth-order valence-corrected chi connectivity index (χ4v) is 2.12. The van der Waals surface area contributed by atoms with Gasteiger partial charge in [0.25, 0.3) is 5.91 Å². The monoisotopic (exact) mass is 238 g/mol. The van der Waals surface area contributed by atoms with E-state index in [1.54, 1.807) is 6.92 Å². The van der Waals surface area contributed by atoms with E-state index in [1.165, 1.54) is 4.90 Å². The Morgan fingerprint density at radius 2 is 2.24 bits per heavy atom. The van der Waals surface area contributed by atoms with Gasteiger partial charge in [0.2, 0.25) is 5.82 Å². The first-order valence-corrected chi connectivity index (χ1v) is 5.43. The third-order valence-corrected chi connectivity index (χ3v) is 3.00. The summed E-state index contributed by atoms with van der Waals surface area (Å²) >= 11 is 0. The van der Waals surface area contributed by atoms with Gasteiger partial charge in [-0.05, 0) is 19.3 Å². The zero-order chi connectivity index (χ0) is 12.6. The number of aliphatic carboxylic acids is 1. The summed E-state index contributed by atoms with van der Waals surface area (Å²) in [6, 6.07) is -0.777. The van der Waals surface area contributed by atoms with Gasteiger partial charge in [-0.15, -0.1) is 5.10 Å². The van der Waals surface area contributed by atoms with E-state index in [1.807, 2.05) is 6.92 Å². The Kier molecular flexibility index (Phi) is 2.83. The highest BCUT2D eigenvalue weighted by atomic mass is 16.4. The van der Waals surface area contributed by atoms with E-state index in [2.05, 4.69) is 15.2 Å². The molecule has 7 heteroatoms. The molecule has 0 aromatic carbocycles. The first-order chi connectivity index (χ1) is 8.00. The molecule has 1 fully saturated rings. The highest BCUT2D eigenvalue weighted by molar-refractivity contribution is 5.94. The molecule has 2 atom stereocenters. The molecule has 1 amide bonds. The topological polar surface area (TPSA) is 99.2 Å². The molecule has 0 saturated carbocycles. The minimum Gasteiger partial charge on any atom is -0.480 e. The molecule has 0 bridgehead atoms. The van der Waals surface area contributed by atoms with E-state index < -0.39 is 17.9 Å². The predicted octanol–water partition coefficient (Wildman–Crippen LogP) is 0.0483. The van der Waals surface area contributed by atoms with Crippen molar-refractivity contribution >= 4 is 11.9 Å². The second kappa shape index (κ2) is 4.15. The fourth-order valence-electron chi connectivity index (χ4n) is 2.12. The van der Waals surface area contributed by atoms with E-state index in [-0.39, 0.29) is 11.7 Å².